The van der Waals surface area contributed by atoms with Crippen LogP contribution in [0.5, 0.6) is 0 Å². The van der Waals surface area contributed by atoms with Gasteiger partial charge in [-0.15, -0.1) is 0 Å². The van der Waals surface area contributed by atoms with E-state index in [2.05, 4.69) is 17.6 Å². The Morgan fingerprint density at radius 1 is 0.973 bits per heavy atom. The number of fused-ring (bicyclic) bond motifs is 1. The van der Waals surface area contributed by atoms with E-state index in [0.717, 1.165) is 22.8 Å². The Balaban J connectivity index is 1.44. The van der Waals surface area contributed by atoms with Gasteiger partial charge in [0.25, 0.3) is 0 Å². The van der Waals surface area contributed by atoms with Gasteiger partial charge in [-0.05, 0) is 53.3 Å². The highest BCUT2D eigenvalue weighted by molar-refractivity contribution is 5.88. The van der Waals surface area contributed by atoms with E-state index in [1.165, 1.54) is 5.56 Å². The van der Waals surface area contributed by atoms with Crippen LogP contribution < -0.4 is 16.4 Å². The number of rotatable bonds is 8. The lowest BCUT2D eigenvalue weighted by Crippen LogP contribution is -2.53. The molecule has 1 fully saturated rings. The topological polar surface area (TPSA) is 114 Å². The number of nitrogens with two attached hydrogens (primary N) is 1. The van der Waals surface area contributed by atoms with E-state index < -0.39 is 11.5 Å². The Hall–Kier alpha value is -3.91. The molecule has 0 aromatic heterocycles. The quantitative estimate of drug-likeness (QED) is 0.433. The standard InChI is InChI=1S/C29H34N4O4/c1-2-21-10-12-24(13-11-21)32-28(36)37-20-29(14-16-33(17-15-29)26(34)18-30)27(35)31-19-23-8-5-7-22-6-3-4-9-25(22)23/h3-13H,2,14-20,30H2,1H3,(H,31,35)(H,32,36). The van der Waals surface area contributed by atoms with Gasteiger partial charge in [0.15, 0.2) is 0 Å². The van der Waals surface area contributed by atoms with Gasteiger partial charge in [-0.2, -0.15) is 0 Å². The minimum absolute atomic E-state index is 0.0734. The Morgan fingerprint density at radius 3 is 2.38 bits per heavy atom. The van der Waals surface area contributed by atoms with Gasteiger partial charge in [0, 0.05) is 25.3 Å². The maximum Gasteiger partial charge on any atom is 0.411 e. The number of nitrogens with one attached hydrogen (secondary N) is 2. The zero-order valence-corrected chi connectivity index (χ0v) is 21.2. The first-order valence-electron chi connectivity index (χ1n) is 12.7. The summed E-state index contributed by atoms with van der Waals surface area (Å²) in [5.41, 5.74) is 7.38. The van der Waals surface area contributed by atoms with E-state index in [-0.39, 0.29) is 25.0 Å². The Labute approximate surface area is 217 Å². The first-order valence-corrected chi connectivity index (χ1v) is 12.7. The summed E-state index contributed by atoms with van der Waals surface area (Å²) in [6.07, 6.45) is 1.04. The van der Waals surface area contributed by atoms with Gasteiger partial charge < -0.3 is 20.7 Å². The van der Waals surface area contributed by atoms with Crippen molar-refractivity contribution in [3.63, 3.8) is 0 Å². The highest BCUT2D eigenvalue weighted by atomic mass is 16.5. The van der Waals surface area contributed by atoms with Crippen molar-refractivity contribution in [2.45, 2.75) is 32.7 Å². The zero-order chi connectivity index (χ0) is 26.3. The number of carbonyl (C=O) groups excluding carboxylic acids is 3. The molecule has 194 valence electrons. The number of ether oxygens (including phenoxy) is 1. The van der Waals surface area contributed by atoms with E-state index in [4.69, 9.17) is 10.5 Å². The van der Waals surface area contributed by atoms with Crippen molar-refractivity contribution in [1.29, 1.82) is 0 Å². The molecular weight excluding hydrogens is 468 g/mol. The van der Waals surface area contributed by atoms with Crippen molar-refractivity contribution in [2.24, 2.45) is 11.1 Å². The molecule has 0 radical (unpaired) electrons. The van der Waals surface area contributed by atoms with E-state index in [9.17, 15) is 14.4 Å². The van der Waals surface area contributed by atoms with Gasteiger partial charge in [-0.25, -0.2) is 4.79 Å². The number of amides is 3. The minimum Gasteiger partial charge on any atom is -0.448 e. The Bertz CT molecular complexity index is 1250. The summed E-state index contributed by atoms with van der Waals surface area (Å²) >= 11 is 0. The molecule has 8 nitrogen and oxygen atoms in total. The molecule has 37 heavy (non-hydrogen) atoms. The molecule has 8 heteroatoms. The first kappa shape index (κ1) is 26.2. The molecule has 0 aliphatic carbocycles. The lowest BCUT2D eigenvalue weighted by molar-refractivity contribution is -0.142. The van der Waals surface area contributed by atoms with Crippen LogP contribution in [0.2, 0.25) is 0 Å². The molecule has 4 N–H and O–H groups in total. The Morgan fingerprint density at radius 2 is 1.68 bits per heavy atom. The molecule has 1 aliphatic heterocycles. The predicted molar refractivity (Wildman–Crippen MR) is 144 cm³/mol. The second kappa shape index (κ2) is 11.9. The number of benzene rings is 3. The van der Waals surface area contributed by atoms with Crippen LogP contribution in [0.3, 0.4) is 0 Å². The smallest absolute Gasteiger partial charge is 0.411 e. The number of anilines is 1. The summed E-state index contributed by atoms with van der Waals surface area (Å²) < 4.78 is 5.57. The van der Waals surface area contributed by atoms with Crippen LogP contribution in [-0.4, -0.2) is 49.0 Å². The van der Waals surface area contributed by atoms with Crippen LogP contribution in [0.4, 0.5) is 10.5 Å². The number of nitrogens with zero attached hydrogens (tertiary/aromatic N) is 1. The van der Waals surface area contributed by atoms with Gasteiger partial charge in [0.1, 0.15) is 6.61 Å². The fraction of sp³-hybridized carbons (Fsp3) is 0.345. The van der Waals surface area contributed by atoms with Crippen LogP contribution >= 0.6 is 0 Å². The molecule has 0 saturated carbocycles. The van der Waals surface area contributed by atoms with E-state index >= 15 is 0 Å². The van der Waals surface area contributed by atoms with Crippen molar-refractivity contribution in [2.75, 3.05) is 31.6 Å². The second-order valence-electron chi connectivity index (χ2n) is 9.44. The second-order valence-corrected chi connectivity index (χ2v) is 9.44. The molecule has 1 saturated heterocycles. The molecule has 1 heterocycles. The summed E-state index contributed by atoms with van der Waals surface area (Å²) in [5, 5.41) is 7.97. The van der Waals surface area contributed by atoms with Crippen molar-refractivity contribution >= 4 is 34.4 Å². The number of piperidine rings is 1. The minimum atomic E-state index is -0.945. The predicted octanol–water partition coefficient (Wildman–Crippen LogP) is 3.83. The molecule has 1 aliphatic rings. The number of carbonyl (C=O) groups is 3. The molecule has 3 aromatic rings. The van der Waals surface area contributed by atoms with E-state index in [1.807, 2.05) is 66.7 Å². The third-order valence-electron chi connectivity index (χ3n) is 7.14. The molecule has 0 unspecified atom stereocenters. The SMILES string of the molecule is CCc1ccc(NC(=O)OCC2(C(=O)NCc3cccc4ccccc34)CCN(C(=O)CN)CC2)cc1. The Kier molecular flexibility index (Phi) is 8.40. The lowest BCUT2D eigenvalue weighted by Gasteiger charge is -2.40. The zero-order valence-electron chi connectivity index (χ0n) is 21.2. The summed E-state index contributed by atoms with van der Waals surface area (Å²) in [5.74, 6) is -0.348. The normalized spacial score (nSPS) is 14.7. The van der Waals surface area contributed by atoms with Gasteiger partial charge >= 0.3 is 6.09 Å². The van der Waals surface area contributed by atoms with Crippen LogP contribution in [0.25, 0.3) is 10.8 Å². The summed E-state index contributed by atoms with van der Waals surface area (Å²) in [7, 11) is 0. The van der Waals surface area contributed by atoms with Gasteiger partial charge in [0.2, 0.25) is 11.8 Å². The number of aryl methyl sites for hydroxylation is 1. The highest BCUT2D eigenvalue weighted by Crippen LogP contribution is 2.33. The average Bonchev–Trinajstić information content (AvgIpc) is 2.95. The lowest BCUT2D eigenvalue weighted by atomic mass is 9.78. The van der Waals surface area contributed by atoms with Gasteiger partial charge in [0.05, 0.1) is 12.0 Å². The van der Waals surface area contributed by atoms with Crippen LogP contribution in [-0.2, 0) is 27.3 Å². The largest absolute Gasteiger partial charge is 0.448 e. The summed E-state index contributed by atoms with van der Waals surface area (Å²) in [4.78, 5) is 39.9. The number of hydrogen-bond acceptors (Lipinski definition) is 5. The van der Waals surface area contributed by atoms with Crippen LogP contribution in [0.15, 0.2) is 66.7 Å². The van der Waals surface area contributed by atoms with Crippen LogP contribution in [0, 0.1) is 5.41 Å². The molecule has 3 aromatic carbocycles. The first-order chi connectivity index (χ1) is 17.9. The number of hydrogen-bond donors (Lipinski definition) is 3. The van der Waals surface area contributed by atoms with Crippen molar-refractivity contribution in [1.82, 2.24) is 10.2 Å². The van der Waals surface area contributed by atoms with Gasteiger partial charge in [-0.1, -0.05) is 61.5 Å². The summed E-state index contributed by atoms with van der Waals surface area (Å²) in [6.45, 7) is 3.01. The third-order valence-corrected chi connectivity index (χ3v) is 7.14. The molecule has 4 rings (SSSR count). The van der Waals surface area contributed by atoms with E-state index in [1.54, 1.807) is 4.90 Å². The fourth-order valence-electron chi connectivity index (χ4n) is 4.74. The maximum absolute atomic E-state index is 13.6. The van der Waals surface area contributed by atoms with Gasteiger partial charge in [-0.3, -0.25) is 14.9 Å². The molecular formula is C29H34N4O4. The van der Waals surface area contributed by atoms with Crippen LogP contribution in [0.1, 0.15) is 30.9 Å². The fourth-order valence-corrected chi connectivity index (χ4v) is 4.74. The maximum atomic E-state index is 13.6. The van der Waals surface area contributed by atoms with E-state index in [0.29, 0.717) is 38.2 Å². The van der Waals surface area contributed by atoms with Crippen molar-refractivity contribution in [3.8, 4) is 0 Å². The molecule has 3 amide bonds. The number of likely N-dealkylation sites (tertiary alicyclic amines) is 1. The van der Waals surface area contributed by atoms with Crippen molar-refractivity contribution < 1.29 is 19.1 Å². The monoisotopic (exact) mass is 502 g/mol. The average molecular weight is 503 g/mol. The molecule has 0 atom stereocenters. The molecule has 0 bridgehead atoms. The third kappa shape index (κ3) is 6.27. The molecule has 0 spiro atoms. The van der Waals surface area contributed by atoms with Crippen molar-refractivity contribution in [3.05, 3.63) is 77.9 Å². The highest BCUT2D eigenvalue weighted by Gasteiger charge is 2.43. The summed E-state index contributed by atoms with van der Waals surface area (Å²) in [6, 6.07) is 21.6.